The monoisotopic (exact) mass is 297 g/mol. The SMILES string of the molecule is CCNc1cc(-n2cc(C(F)(F)F)cn2)nc(C2CC2)n1. The van der Waals surface area contributed by atoms with Crippen LogP contribution in [0.3, 0.4) is 0 Å². The van der Waals surface area contributed by atoms with Crippen LogP contribution in [-0.4, -0.2) is 26.3 Å². The Morgan fingerprint density at radius 1 is 1.33 bits per heavy atom. The van der Waals surface area contributed by atoms with E-state index in [1.54, 1.807) is 6.07 Å². The maximum atomic E-state index is 12.6. The maximum absolute atomic E-state index is 12.6. The summed E-state index contributed by atoms with van der Waals surface area (Å²) >= 11 is 0. The van der Waals surface area contributed by atoms with Gasteiger partial charge in [0.05, 0.1) is 11.8 Å². The zero-order chi connectivity index (χ0) is 15.0. The van der Waals surface area contributed by atoms with Gasteiger partial charge in [-0.1, -0.05) is 0 Å². The van der Waals surface area contributed by atoms with E-state index in [-0.39, 0.29) is 0 Å². The number of nitrogens with one attached hydrogen (secondary N) is 1. The van der Waals surface area contributed by atoms with Crippen LogP contribution in [0.15, 0.2) is 18.5 Å². The number of aromatic nitrogens is 4. The normalized spacial score (nSPS) is 15.2. The Morgan fingerprint density at radius 2 is 2.10 bits per heavy atom. The molecule has 3 rings (SSSR count). The number of hydrogen-bond acceptors (Lipinski definition) is 4. The first kappa shape index (κ1) is 13.8. The molecule has 2 heterocycles. The molecule has 0 atom stereocenters. The van der Waals surface area contributed by atoms with E-state index in [0.717, 1.165) is 29.9 Å². The Bertz CT molecular complexity index is 645. The second-order valence-electron chi connectivity index (χ2n) is 4.95. The van der Waals surface area contributed by atoms with Crippen LogP contribution in [-0.2, 0) is 6.18 Å². The van der Waals surface area contributed by atoms with Crippen molar-refractivity contribution in [1.82, 2.24) is 19.7 Å². The van der Waals surface area contributed by atoms with Gasteiger partial charge in [-0.2, -0.15) is 18.3 Å². The Hall–Kier alpha value is -2.12. The second kappa shape index (κ2) is 5.01. The molecule has 0 unspecified atom stereocenters. The van der Waals surface area contributed by atoms with E-state index in [0.29, 0.717) is 29.9 Å². The van der Waals surface area contributed by atoms with Crippen molar-refractivity contribution in [2.75, 3.05) is 11.9 Å². The zero-order valence-electron chi connectivity index (χ0n) is 11.4. The zero-order valence-corrected chi connectivity index (χ0v) is 11.4. The van der Waals surface area contributed by atoms with E-state index >= 15 is 0 Å². The molecule has 8 heteroatoms. The van der Waals surface area contributed by atoms with E-state index in [4.69, 9.17) is 0 Å². The average Bonchev–Trinajstić information content (AvgIpc) is 3.14. The van der Waals surface area contributed by atoms with Gasteiger partial charge in [0, 0.05) is 24.7 Å². The maximum Gasteiger partial charge on any atom is 0.419 e. The van der Waals surface area contributed by atoms with Crippen LogP contribution in [0.5, 0.6) is 0 Å². The highest BCUT2D eigenvalue weighted by Crippen LogP contribution is 2.38. The molecule has 1 aliphatic carbocycles. The molecule has 1 aliphatic rings. The minimum Gasteiger partial charge on any atom is -0.370 e. The summed E-state index contributed by atoms with van der Waals surface area (Å²) in [6.07, 6.45) is -0.639. The quantitative estimate of drug-likeness (QED) is 0.942. The van der Waals surface area contributed by atoms with E-state index in [2.05, 4.69) is 20.4 Å². The average molecular weight is 297 g/mol. The molecule has 2 aromatic heterocycles. The summed E-state index contributed by atoms with van der Waals surface area (Å²) in [5, 5.41) is 6.82. The fourth-order valence-electron chi connectivity index (χ4n) is 1.96. The molecule has 0 bridgehead atoms. The third-order valence-corrected chi connectivity index (χ3v) is 3.17. The van der Waals surface area contributed by atoms with Crippen molar-refractivity contribution in [1.29, 1.82) is 0 Å². The van der Waals surface area contributed by atoms with Crippen LogP contribution in [0.1, 0.15) is 37.1 Å². The Balaban J connectivity index is 1.98. The van der Waals surface area contributed by atoms with Gasteiger partial charge >= 0.3 is 6.18 Å². The van der Waals surface area contributed by atoms with Gasteiger partial charge in [0.1, 0.15) is 11.6 Å². The summed E-state index contributed by atoms with van der Waals surface area (Å²) in [5.74, 6) is 1.92. The highest BCUT2D eigenvalue weighted by atomic mass is 19.4. The molecule has 5 nitrogen and oxygen atoms in total. The van der Waals surface area contributed by atoms with Crippen LogP contribution in [0.25, 0.3) is 5.82 Å². The van der Waals surface area contributed by atoms with Gasteiger partial charge < -0.3 is 5.32 Å². The molecule has 0 radical (unpaired) electrons. The first-order chi connectivity index (χ1) is 9.97. The van der Waals surface area contributed by atoms with Gasteiger partial charge in [-0.3, -0.25) is 0 Å². The van der Waals surface area contributed by atoms with Crippen LogP contribution >= 0.6 is 0 Å². The molecule has 0 spiro atoms. The first-order valence-electron chi connectivity index (χ1n) is 6.72. The van der Waals surface area contributed by atoms with Crippen LogP contribution in [0.2, 0.25) is 0 Å². The summed E-state index contributed by atoms with van der Waals surface area (Å²) in [6.45, 7) is 2.60. The van der Waals surface area contributed by atoms with Gasteiger partial charge in [0.15, 0.2) is 5.82 Å². The number of anilines is 1. The summed E-state index contributed by atoms with van der Waals surface area (Å²) in [5.41, 5.74) is -0.793. The van der Waals surface area contributed by atoms with Gasteiger partial charge in [0.2, 0.25) is 0 Å². The second-order valence-corrected chi connectivity index (χ2v) is 4.95. The van der Waals surface area contributed by atoms with E-state index in [1.807, 2.05) is 6.92 Å². The van der Waals surface area contributed by atoms with Crippen molar-refractivity contribution >= 4 is 5.82 Å². The lowest BCUT2D eigenvalue weighted by atomic mass is 10.3. The number of nitrogens with zero attached hydrogens (tertiary/aromatic N) is 4. The minimum absolute atomic E-state index is 0.306. The Kier molecular flexibility index (Phi) is 3.30. The van der Waals surface area contributed by atoms with Crippen LogP contribution < -0.4 is 5.32 Å². The number of rotatable bonds is 4. The van der Waals surface area contributed by atoms with Crippen LogP contribution in [0.4, 0.5) is 19.0 Å². The predicted molar refractivity (Wildman–Crippen MR) is 70.3 cm³/mol. The standard InChI is InChI=1S/C13H14F3N5/c1-2-17-10-5-11(20-12(19-10)8-3-4-8)21-7-9(6-18-21)13(14,15)16/h5-8H,2-4H2,1H3,(H,17,19,20). The predicted octanol–water partition coefficient (Wildman–Crippen LogP) is 2.99. The number of hydrogen-bond donors (Lipinski definition) is 1. The fourth-order valence-corrected chi connectivity index (χ4v) is 1.96. The molecule has 0 saturated heterocycles. The summed E-state index contributed by atoms with van der Waals surface area (Å²) in [7, 11) is 0. The number of halogens is 3. The molecular formula is C13H14F3N5. The lowest BCUT2D eigenvalue weighted by Crippen LogP contribution is -2.08. The van der Waals surface area contributed by atoms with E-state index < -0.39 is 11.7 Å². The van der Waals surface area contributed by atoms with E-state index in [9.17, 15) is 13.2 Å². The summed E-state index contributed by atoms with van der Waals surface area (Å²) in [4.78, 5) is 8.71. The molecule has 2 aromatic rings. The molecular weight excluding hydrogens is 283 g/mol. The molecule has 0 amide bonds. The third kappa shape index (κ3) is 2.98. The first-order valence-corrected chi connectivity index (χ1v) is 6.72. The smallest absolute Gasteiger partial charge is 0.370 e. The van der Waals surface area contributed by atoms with Crippen molar-refractivity contribution in [3.05, 3.63) is 29.8 Å². The van der Waals surface area contributed by atoms with Crippen LogP contribution in [0, 0.1) is 0 Å². The van der Waals surface area contributed by atoms with E-state index in [1.165, 1.54) is 0 Å². The lowest BCUT2D eigenvalue weighted by Gasteiger charge is -2.08. The molecule has 0 aromatic carbocycles. The minimum atomic E-state index is -4.41. The molecule has 112 valence electrons. The van der Waals surface area contributed by atoms with Gasteiger partial charge in [-0.25, -0.2) is 14.6 Å². The summed E-state index contributed by atoms with van der Waals surface area (Å²) < 4.78 is 39.0. The third-order valence-electron chi connectivity index (χ3n) is 3.17. The topological polar surface area (TPSA) is 55.6 Å². The lowest BCUT2D eigenvalue weighted by molar-refractivity contribution is -0.137. The molecule has 1 fully saturated rings. The molecule has 1 saturated carbocycles. The number of alkyl halides is 3. The molecule has 21 heavy (non-hydrogen) atoms. The molecule has 0 aliphatic heterocycles. The van der Waals surface area contributed by atoms with Crippen molar-refractivity contribution < 1.29 is 13.2 Å². The largest absolute Gasteiger partial charge is 0.419 e. The van der Waals surface area contributed by atoms with Gasteiger partial charge in [-0.15, -0.1) is 0 Å². The molecule has 1 N–H and O–H groups in total. The van der Waals surface area contributed by atoms with Gasteiger partial charge in [0.25, 0.3) is 0 Å². The van der Waals surface area contributed by atoms with Crippen molar-refractivity contribution in [2.45, 2.75) is 31.9 Å². The van der Waals surface area contributed by atoms with Crippen molar-refractivity contribution in [3.8, 4) is 5.82 Å². The van der Waals surface area contributed by atoms with Crippen molar-refractivity contribution in [3.63, 3.8) is 0 Å². The Labute approximate surface area is 119 Å². The highest BCUT2D eigenvalue weighted by molar-refractivity contribution is 5.42. The summed E-state index contributed by atoms with van der Waals surface area (Å²) in [6, 6.07) is 1.60. The highest BCUT2D eigenvalue weighted by Gasteiger charge is 2.33. The van der Waals surface area contributed by atoms with Gasteiger partial charge in [-0.05, 0) is 19.8 Å². The fraction of sp³-hybridized carbons (Fsp3) is 0.462. The Morgan fingerprint density at radius 3 is 2.67 bits per heavy atom. The van der Waals surface area contributed by atoms with Crippen molar-refractivity contribution in [2.24, 2.45) is 0 Å².